The van der Waals surface area contributed by atoms with E-state index in [1.54, 1.807) is 0 Å². The number of nitrogens with one attached hydrogen (secondary N) is 1. The molecule has 0 spiro atoms. The topological polar surface area (TPSA) is 121 Å². The van der Waals surface area contributed by atoms with Gasteiger partial charge < -0.3 is 15.5 Å². The second-order valence-corrected chi connectivity index (χ2v) is 4.02. The standard InChI is InChI=1S/C11H12N8O/c1-7-2-3-8(20-7)4-14-10-16-9(12)17-11(18-10)19-6-13-5-15-19/h2-3,5-6H,4H2,1H3,(H3,12,14,16,17,18). The molecule has 3 N–H and O–H groups in total. The highest BCUT2D eigenvalue weighted by Crippen LogP contribution is 2.10. The third-order valence-electron chi connectivity index (χ3n) is 2.48. The van der Waals surface area contributed by atoms with Crippen LogP contribution in [0, 0.1) is 6.92 Å². The van der Waals surface area contributed by atoms with Gasteiger partial charge in [0.1, 0.15) is 24.2 Å². The second-order valence-electron chi connectivity index (χ2n) is 4.02. The third kappa shape index (κ3) is 2.55. The van der Waals surface area contributed by atoms with Crippen LogP contribution in [0.2, 0.25) is 0 Å². The van der Waals surface area contributed by atoms with Gasteiger partial charge in [0.05, 0.1) is 6.54 Å². The maximum absolute atomic E-state index is 5.65. The highest BCUT2D eigenvalue weighted by Gasteiger charge is 2.07. The molecule has 3 heterocycles. The Balaban J connectivity index is 1.79. The molecule has 0 aromatic carbocycles. The number of furan rings is 1. The van der Waals surface area contributed by atoms with Crippen molar-refractivity contribution in [3.63, 3.8) is 0 Å². The quantitative estimate of drug-likeness (QED) is 0.706. The van der Waals surface area contributed by atoms with E-state index in [-0.39, 0.29) is 5.95 Å². The zero-order valence-electron chi connectivity index (χ0n) is 10.7. The summed E-state index contributed by atoms with van der Waals surface area (Å²) in [6.07, 6.45) is 2.87. The summed E-state index contributed by atoms with van der Waals surface area (Å²) < 4.78 is 6.85. The molecule has 9 nitrogen and oxygen atoms in total. The van der Waals surface area contributed by atoms with Crippen molar-refractivity contribution in [3.8, 4) is 5.95 Å². The molecule has 0 aliphatic carbocycles. The van der Waals surface area contributed by atoms with Crippen LogP contribution >= 0.6 is 0 Å². The van der Waals surface area contributed by atoms with Crippen LogP contribution in [0.5, 0.6) is 0 Å². The van der Waals surface area contributed by atoms with Gasteiger partial charge in [0.2, 0.25) is 11.9 Å². The fourth-order valence-corrected chi connectivity index (χ4v) is 1.62. The van der Waals surface area contributed by atoms with Gasteiger partial charge >= 0.3 is 0 Å². The Morgan fingerprint density at radius 3 is 2.90 bits per heavy atom. The molecular formula is C11H12N8O. The number of nitrogens with two attached hydrogens (primary N) is 1. The van der Waals surface area contributed by atoms with E-state index in [9.17, 15) is 0 Å². The Kier molecular flexibility index (Phi) is 2.99. The van der Waals surface area contributed by atoms with Crippen LogP contribution in [-0.4, -0.2) is 29.7 Å². The van der Waals surface area contributed by atoms with Gasteiger partial charge in [0.25, 0.3) is 5.95 Å². The molecule has 0 radical (unpaired) electrons. The largest absolute Gasteiger partial charge is 0.465 e. The summed E-state index contributed by atoms with van der Waals surface area (Å²) in [4.78, 5) is 16.0. The summed E-state index contributed by atoms with van der Waals surface area (Å²) in [6.45, 7) is 2.33. The van der Waals surface area contributed by atoms with Crippen molar-refractivity contribution in [1.82, 2.24) is 29.7 Å². The first kappa shape index (κ1) is 12.1. The van der Waals surface area contributed by atoms with E-state index in [2.05, 4.69) is 30.4 Å². The predicted octanol–water partition coefficient (Wildman–Crippen LogP) is 0.548. The number of aromatic nitrogens is 6. The van der Waals surface area contributed by atoms with Gasteiger partial charge in [-0.3, -0.25) is 0 Å². The fraction of sp³-hybridized carbons (Fsp3) is 0.182. The molecule has 0 amide bonds. The van der Waals surface area contributed by atoms with Crippen LogP contribution in [0.25, 0.3) is 5.95 Å². The molecule has 0 aliphatic rings. The SMILES string of the molecule is Cc1ccc(CNc2nc(N)nc(-n3cncn3)n2)o1. The lowest BCUT2D eigenvalue weighted by molar-refractivity contribution is 0.490. The molecule has 3 aromatic rings. The summed E-state index contributed by atoms with van der Waals surface area (Å²) in [6, 6.07) is 3.77. The number of anilines is 2. The molecule has 0 saturated carbocycles. The Morgan fingerprint density at radius 1 is 1.30 bits per heavy atom. The number of hydrogen-bond donors (Lipinski definition) is 2. The van der Waals surface area contributed by atoms with Crippen molar-refractivity contribution >= 4 is 11.9 Å². The lowest BCUT2D eigenvalue weighted by Crippen LogP contribution is -2.11. The van der Waals surface area contributed by atoms with Gasteiger partial charge in [-0.05, 0) is 19.1 Å². The van der Waals surface area contributed by atoms with E-state index < -0.39 is 0 Å². The molecule has 102 valence electrons. The zero-order chi connectivity index (χ0) is 13.9. The summed E-state index contributed by atoms with van der Waals surface area (Å²) in [5, 5.41) is 6.96. The predicted molar refractivity (Wildman–Crippen MR) is 69.9 cm³/mol. The maximum Gasteiger partial charge on any atom is 0.258 e. The molecule has 0 unspecified atom stereocenters. The molecule has 9 heteroatoms. The van der Waals surface area contributed by atoms with E-state index in [1.165, 1.54) is 17.3 Å². The number of nitrogen functional groups attached to an aromatic ring is 1. The monoisotopic (exact) mass is 272 g/mol. The molecule has 0 atom stereocenters. The van der Waals surface area contributed by atoms with E-state index in [0.717, 1.165) is 11.5 Å². The minimum atomic E-state index is 0.101. The van der Waals surface area contributed by atoms with Gasteiger partial charge in [-0.15, -0.1) is 0 Å². The summed E-state index contributed by atoms with van der Waals surface area (Å²) in [7, 11) is 0. The molecule has 3 aromatic heterocycles. The maximum atomic E-state index is 5.65. The third-order valence-corrected chi connectivity index (χ3v) is 2.48. The van der Waals surface area contributed by atoms with Crippen molar-refractivity contribution in [2.45, 2.75) is 13.5 Å². The minimum Gasteiger partial charge on any atom is -0.465 e. The molecule has 0 fully saturated rings. The Bertz CT molecular complexity index is 705. The van der Waals surface area contributed by atoms with Crippen LogP contribution < -0.4 is 11.1 Å². The molecular weight excluding hydrogens is 260 g/mol. The zero-order valence-corrected chi connectivity index (χ0v) is 10.7. The molecule has 3 rings (SSSR count). The van der Waals surface area contributed by atoms with E-state index in [4.69, 9.17) is 10.2 Å². The highest BCUT2D eigenvalue weighted by molar-refractivity contribution is 5.34. The van der Waals surface area contributed by atoms with Crippen LogP contribution in [0.15, 0.2) is 29.2 Å². The van der Waals surface area contributed by atoms with E-state index >= 15 is 0 Å². The van der Waals surface area contributed by atoms with Crippen LogP contribution in [0.1, 0.15) is 11.5 Å². The molecule has 20 heavy (non-hydrogen) atoms. The highest BCUT2D eigenvalue weighted by atomic mass is 16.3. The Labute approximate surface area is 113 Å². The van der Waals surface area contributed by atoms with Crippen molar-refractivity contribution in [3.05, 3.63) is 36.3 Å². The van der Waals surface area contributed by atoms with Crippen molar-refractivity contribution in [2.24, 2.45) is 0 Å². The summed E-state index contributed by atoms with van der Waals surface area (Å²) in [5.74, 6) is 2.37. The van der Waals surface area contributed by atoms with Crippen molar-refractivity contribution in [2.75, 3.05) is 11.1 Å². The average Bonchev–Trinajstić information content (AvgIpc) is 3.07. The van der Waals surface area contributed by atoms with Crippen LogP contribution in [0.3, 0.4) is 0 Å². The molecule has 0 bridgehead atoms. The lowest BCUT2D eigenvalue weighted by Gasteiger charge is -2.05. The number of nitrogens with zero attached hydrogens (tertiary/aromatic N) is 6. The van der Waals surface area contributed by atoms with Gasteiger partial charge in [-0.25, -0.2) is 4.98 Å². The average molecular weight is 272 g/mol. The van der Waals surface area contributed by atoms with E-state index in [1.807, 2.05) is 19.1 Å². The van der Waals surface area contributed by atoms with Gasteiger partial charge in [0.15, 0.2) is 0 Å². The Morgan fingerprint density at radius 2 is 2.20 bits per heavy atom. The van der Waals surface area contributed by atoms with Gasteiger partial charge in [-0.2, -0.15) is 24.7 Å². The van der Waals surface area contributed by atoms with Crippen molar-refractivity contribution in [1.29, 1.82) is 0 Å². The number of hydrogen-bond acceptors (Lipinski definition) is 8. The first-order valence-electron chi connectivity index (χ1n) is 5.86. The number of aryl methyl sites for hydroxylation is 1. The van der Waals surface area contributed by atoms with Crippen LogP contribution in [0.4, 0.5) is 11.9 Å². The molecule has 0 saturated heterocycles. The van der Waals surface area contributed by atoms with Gasteiger partial charge in [-0.1, -0.05) is 0 Å². The normalized spacial score (nSPS) is 10.7. The van der Waals surface area contributed by atoms with Gasteiger partial charge in [0, 0.05) is 0 Å². The Hall–Kier alpha value is -2.97. The van der Waals surface area contributed by atoms with Crippen LogP contribution in [-0.2, 0) is 6.54 Å². The second kappa shape index (κ2) is 4.96. The minimum absolute atomic E-state index is 0.101. The summed E-state index contributed by atoms with van der Waals surface area (Å²) >= 11 is 0. The van der Waals surface area contributed by atoms with Crippen molar-refractivity contribution < 1.29 is 4.42 Å². The fourth-order valence-electron chi connectivity index (χ4n) is 1.62. The first-order chi connectivity index (χ1) is 9.70. The van der Waals surface area contributed by atoms with E-state index in [0.29, 0.717) is 18.4 Å². The lowest BCUT2D eigenvalue weighted by atomic mass is 10.4. The molecule has 0 aliphatic heterocycles. The smallest absolute Gasteiger partial charge is 0.258 e. The first-order valence-corrected chi connectivity index (χ1v) is 5.86. The summed E-state index contributed by atoms with van der Waals surface area (Å²) in [5.41, 5.74) is 5.65. The number of rotatable bonds is 4.